The van der Waals surface area contributed by atoms with E-state index in [4.69, 9.17) is 0 Å². The van der Waals surface area contributed by atoms with Gasteiger partial charge in [0.15, 0.2) is 0 Å². The van der Waals surface area contributed by atoms with Crippen LogP contribution >= 0.6 is 15.9 Å². The zero-order chi connectivity index (χ0) is 19.7. The van der Waals surface area contributed by atoms with Crippen LogP contribution in [-0.4, -0.2) is 5.11 Å². The summed E-state index contributed by atoms with van der Waals surface area (Å²) in [7, 11) is 0. The predicted molar refractivity (Wildman–Crippen MR) is 118 cm³/mol. The number of aromatic hydroxyl groups is 1. The molecule has 0 fully saturated rings. The number of benzene rings is 3. The van der Waals surface area contributed by atoms with E-state index >= 15 is 0 Å². The highest BCUT2D eigenvalue weighted by molar-refractivity contribution is 9.08. The Kier molecular flexibility index (Phi) is 5.48. The summed E-state index contributed by atoms with van der Waals surface area (Å²) < 4.78 is 0. The third-order valence-corrected chi connectivity index (χ3v) is 6.32. The standard InChI is InChI=1S/C25H27BrO/c1-24(2,19-11-7-5-8-12-19)21-15-18(17-26)23(27)22(16-21)25(3,4)20-13-9-6-10-14-20/h5-16,27H,17H2,1-4H3. The Hall–Kier alpha value is -2.06. The highest BCUT2D eigenvalue weighted by Crippen LogP contribution is 2.43. The topological polar surface area (TPSA) is 20.2 Å². The Balaban J connectivity index is 2.21. The molecule has 140 valence electrons. The molecule has 0 spiro atoms. The molecule has 0 amide bonds. The third-order valence-electron chi connectivity index (χ3n) is 5.72. The van der Waals surface area contributed by atoms with Crippen molar-refractivity contribution >= 4 is 15.9 Å². The summed E-state index contributed by atoms with van der Waals surface area (Å²) in [6.45, 7) is 8.83. The van der Waals surface area contributed by atoms with Gasteiger partial charge in [-0.15, -0.1) is 0 Å². The van der Waals surface area contributed by atoms with Gasteiger partial charge < -0.3 is 5.11 Å². The molecule has 0 aromatic heterocycles. The fraction of sp³-hybridized carbons (Fsp3) is 0.280. The van der Waals surface area contributed by atoms with Gasteiger partial charge in [0.1, 0.15) is 5.75 Å². The van der Waals surface area contributed by atoms with Crippen LogP contribution in [0.5, 0.6) is 5.75 Å². The normalized spacial score (nSPS) is 12.2. The van der Waals surface area contributed by atoms with Crippen molar-refractivity contribution < 1.29 is 5.11 Å². The molecule has 0 radical (unpaired) electrons. The van der Waals surface area contributed by atoms with Crippen molar-refractivity contribution in [1.82, 2.24) is 0 Å². The van der Waals surface area contributed by atoms with Gasteiger partial charge in [0.25, 0.3) is 0 Å². The molecular weight excluding hydrogens is 396 g/mol. The van der Waals surface area contributed by atoms with Crippen LogP contribution in [0.3, 0.4) is 0 Å². The Morgan fingerprint density at radius 3 is 1.67 bits per heavy atom. The van der Waals surface area contributed by atoms with Crippen molar-refractivity contribution in [3.8, 4) is 5.75 Å². The van der Waals surface area contributed by atoms with Gasteiger partial charge in [-0.05, 0) is 16.7 Å². The highest BCUT2D eigenvalue weighted by Gasteiger charge is 2.31. The van der Waals surface area contributed by atoms with Crippen LogP contribution < -0.4 is 0 Å². The van der Waals surface area contributed by atoms with Crippen molar-refractivity contribution in [3.63, 3.8) is 0 Å². The lowest BCUT2D eigenvalue weighted by atomic mass is 9.72. The second-order valence-electron chi connectivity index (χ2n) is 8.15. The summed E-state index contributed by atoms with van der Waals surface area (Å²) in [5.41, 5.74) is 5.09. The monoisotopic (exact) mass is 422 g/mol. The Morgan fingerprint density at radius 1 is 0.704 bits per heavy atom. The van der Waals surface area contributed by atoms with Crippen molar-refractivity contribution in [3.05, 3.63) is 101 Å². The maximum absolute atomic E-state index is 11.0. The molecule has 0 aliphatic heterocycles. The van der Waals surface area contributed by atoms with Crippen LogP contribution in [0, 0.1) is 0 Å². The van der Waals surface area contributed by atoms with Crippen LogP contribution in [0.2, 0.25) is 0 Å². The molecule has 0 aliphatic rings. The highest BCUT2D eigenvalue weighted by atomic mass is 79.9. The van der Waals surface area contributed by atoms with Crippen molar-refractivity contribution in [2.75, 3.05) is 0 Å². The second-order valence-corrected chi connectivity index (χ2v) is 8.71. The summed E-state index contributed by atoms with van der Waals surface area (Å²) in [6.07, 6.45) is 0. The first-order chi connectivity index (χ1) is 12.8. The summed E-state index contributed by atoms with van der Waals surface area (Å²) in [5.74, 6) is 0.383. The minimum atomic E-state index is -0.301. The Bertz CT molecular complexity index is 912. The lowest BCUT2D eigenvalue weighted by Crippen LogP contribution is -2.23. The molecule has 27 heavy (non-hydrogen) atoms. The number of hydrogen-bond acceptors (Lipinski definition) is 1. The van der Waals surface area contributed by atoms with Crippen LogP contribution in [0.4, 0.5) is 0 Å². The van der Waals surface area contributed by atoms with Gasteiger partial charge in [0, 0.05) is 27.3 Å². The third kappa shape index (κ3) is 3.68. The first-order valence-corrected chi connectivity index (χ1v) is 10.4. The lowest BCUT2D eigenvalue weighted by molar-refractivity contribution is 0.447. The SMILES string of the molecule is CC(C)(c1ccccc1)c1cc(CBr)c(O)c(C(C)(C)c2ccccc2)c1. The largest absolute Gasteiger partial charge is 0.507 e. The fourth-order valence-corrected chi connectivity index (χ4v) is 4.09. The number of phenols is 1. The predicted octanol–water partition coefficient (Wildman–Crippen LogP) is 6.94. The molecule has 3 aromatic carbocycles. The molecule has 1 nitrogen and oxygen atoms in total. The molecule has 0 heterocycles. The molecule has 0 unspecified atom stereocenters. The summed E-state index contributed by atoms with van der Waals surface area (Å²) in [5, 5.41) is 11.6. The zero-order valence-electron chi connectivity index (χ0n) is 16.5. The summed E-state index contributed by atoms with van der Waals surface area (Å²) >= 11 is 3.56. The smallest absolute Gasteiger partial charge is 0.123 e. The molecular formula is C25H27BrO. The molecule has 0 aliphatic carbocycles. The molecule has 2 heteroatoms. The van der Waals surface area contributed by atoms with E-state index in [-0.39, 0.29) is 10.8 Å². The van der Waals surface area contributed by atoms with Crippen molar-refractivity contribution in [1.29, 1.82) is 0 Å². The van der Waals surface area contributed by atoms with E-state index in [0.29, 0.717) is 11.1 Å². The first kappa shape index (κ1) is 19.7. The van der Waals surface area contributed by atoms with E-state index in [0.717, 1.165) is 11.1 Å². The van der Waals surface area contributed by atoms with E-state index in [1.54, 1.807) is 0 Å². The minimum Gasteiger partial charge on any atom is -0.507 e. The van der Waals surface area contributed by atoms with Gasteiger partial charge in [-0.25, -0.2) is 0 Å². The maximum atomic E-state index is 11.0. The van der Waals surface area contributed by atoms with Gasteiger partial charge in [-0.3, -0.25) is 0 Å². The number of halogens is 1. The zero-order valence-corrected chi connectivity index (χ0v) is 18.0. The molecule has 0 saturated heterocycles. The minimum absolute atomic E-state index is 0.159. The summed E-state index contributed by atoms with van der Waals surface area (Å²) in [4.78, 5) is 0. The Labute approximate surface area is 171 Å². The number of hydrogen-bond donors (Lipinski definition) is 1. The molecule has 1 N–H and O–H groups in total. The first-order valence-electron chi connectivity index (χ1n) is 9.32. The maximum Gasteiger partial charge on any atom is 0.123 e. The Morgan fingerprint density at radius 2 is 1.19 bits per heavy atom. The average molecular weight is 423 g/mol. The van der Waals surface area contributed by atoms with Gasteiger partial charge in [0.05, 0.1) is 0 Å². The van der Waals surface area contributed by atoms with E-state index in [2.05, 4.69) is 104 Å². The lowest BCUT2D eigenvalue weighted by Gasteiger charge is -2.32. The number of alkyl halides is 1. The number of phenolic OH excluding ortho intramolecular Hbond substituents is 1. The van der Waals surface area contributed by atoms with Crippen LogP contribution in [0.15, 0.2) is 72.8 Å². The van der Waals surface area contributed by atoms with Crippen molar-refractivity contribution in [2.24, 2.45) is 0 Å². The van der Waals surface area contributed by atoms with Gasteiger partial charge in [-0.1, -0.05) is 116 Å². The van der Waals surface area contributed by atoms with Gasteiger partial charge in [0.2, 0.25) is 0 Å². The molecule has 0 atom stereocenters. The van der Waals surface area contributed by atoms with E-state index in [1.807, 2.05) is 12.1 Å². The molecule has 0 saturated carbocycles. The van der Waals surface area contributed by atoms with Gasteiger partial charge in [-0.2, -0.15) is 0 Å². The van der Waals surface area contributed by atoms with E-state index < -0.39 is 0 Å². The van der Waals surface area contributed by atoms with E-state index in [9.17, 15) is 5.11 Å². The average Bonchev–Trinajstić information content (AvgIpc) is 2.69. The summed E-state index contributed by atoms with van der Waals surface area (Å²) in [6, 6.07) is 25.2. The quantitative estimate of drug-likeness (QED) is 0.441. The van der Waals surface area contributed by atoms with Crippen LogP contribution in [-0.2, 0) is 16.2 Å². The van der Waals surface area contributed by atoms with Crippen LogP contribution in [0.1, 0.15) is 55.5 Å². The van der Waals surface area contributed by atoms with Gasteiger partial charge >= 0.3 is 0 Å². The molecule has 3 rings (SSSR count). The number of rotatable bonds is 5. The van der Waals surface area contributed by atoms with E-state index in [1.165, 1.54) is 16.7 Å². The molecule has 0 bridgehead atoms. The van der Waals surface area contributed by atoms with Crippen LogP contribution in [0.25, 0.3) is 0 Å². The molecule has 3 aromatic rings. The van der Waals surface area contributed by atoms with Crippen molar-refractivity contribution in [2.45, 2.75) is 43.9 Å². The second kappa shape index (κ2) is 7.52. The fourth-order valence-electron chi connectivity index (χ4n) is 3.67.